The maximum absolute atomic E-state index is 5.31. The molecular formula is C38H20N8Pt. The van der Waals surface area contributed by atoms with Crippen LogP contribution in [0.5, 0.6) is 0 Å². The van der Waals surface area contributed by atoms with E-state index in [4.69, 9.17) is 15.0 Å². The smallest absolute Gasteiger partial charge is 0.358 e. The molecule has 0 aliphatic heterocycles. The summed E-state index contributed by atoms with van der Waals surface area (Å²) < 4.78 is 8.59. The molecule has 222 valence electrons. The van der Waals surface area contributed by atoms with Crippen LogP contribution >= 0.6 is 0 Å². The van der Waals surface area contributed by atoms with Gasteiger partial charge in [-0.15, -0.1) is 23.6 Å². The number of benzene rings is 5. The zero-order chi connectivity index (χ0) is 29.9. The molecular weight excluding hydrogens is 764 g/mol. The van der Waals surface area contributed by atoms with Crippen molar-refractivity contribution in [3.8, 4) is 16.9 Å². The number of pyridine rings is 1. The molecule has 0 atom stereocenters. The number of fused-ring (bicyclic) bond motifs is 15. The van der Waals surface area contributed by atoms with Crippen molar-refractivity contribution in [1.82, 2.24) is 37.7 Å². The Morgan fingerprint density at radius 2 is 1.28 bits per heavy atom. The largest absolute Gasteiger partial charge is 2.00 e. The second kappa shape index (κ2) is 9.58. The van der Waals surface area contributed by atoms with Gasteiger partial charge in [-0.25, -0.2) is 18.8 Å². The Kier molecular flexibility index (Phi) is 5.38. The molecule has 6 heterocycles. The average Bonchev–Trinajstić information content (AvgIpc) is 3.87. The van der Waals surface area contributed by atoms with Crippen LogP contribution < -0.4 is 0 Å². The molecule has 0 unspecified atom stereocenters. The molecule has 0 spiro atoms. The van der Waals surface area contributed by atoms with E-state index in [0.717, 1.165) is 78.0 Å². The normalized spacial score (nSPS) is 12.1. The van der Waals surface area contributed by atoms with Gasteiger partial charge < -0.3 is 4.57 Å². The molecule has 0 amide bonds. The number of aromatic nitrogens is 8. The molecule has 47 heavy (non-hydrogen) atoms. The second-order valence-corrected chi connectivity index (χ2v) is 11.5. The van der Waals surface area contributed by atoms with Crippen molar-refractivity contribution in [2.75, 3.05) is 0 Å². The van der Waals surface area contributed by atoms with Gasteiger partial charge in [-0.3, -0.25) is 14.4 Å². The summed E-state index contributed by atoms with van der Waals surface area (Å²) in [6.07, 6.45) is 1.81. The minimum atomic E-state index is 0. The van der Waals surface area contributed by atoms with E-state index in [1.165, 1.54) is 5.39 Å². The average molecular weight is 784 g/mol. The summed E-state index contributed by atoms with van der Waals surface area (Å²) in [5.41, 5.74) is 10.1. The molecule has 0 aliphatic carbocycles. The molecule has 0 aliphatic rings. The summed E-state index contributed by atoms with van der Waals surface area (Å²) in [6, 6.07) is 46.4. The van der Waals surface area contributed by atoms with E-state index in [9.17, 15) is 0 Å². The number of rotatable bonds is 2. The maximum Gasteiger partial charge on any atom is 2.00 e. The zero-order valence-electron chi connectivity index (χ0n) is 24.4. The fourth-order valence-corrected chi connectivity index (χ4v) is 7.07. The molecule has 0 saturated heterocycles. The van der Waals surface area contributed by atoms with E-state index in [1.807, 2.05) is 54.7 Å². The standard InChI is InChI=1S/C38H20N8.Pt/c1-4-15-30-24(10-1)25-11-2-5-16-31(25)43(30)23-19-20-29-34(22-23)46-37(41-29)44-32-17-6-3-14-28(32)40-36(44)45-33-18-9-12-26(35(33)42-38(45)46)27-13-7-8-21-39-27;/h1-15,17-21H;/q-2;+2. The predicted molar refractivity (Wildman–Crippen MR) is 180 cm³/mol. The molecule has 9 heteroatoms. The van der Waals surface area contributed by atoms with E-state index in [-0.39, 0.29) is 21.1 Å². The van der Waals surface area contributed by atoms with E-state index in [1.54, 1.807) is 0 Å². The fourth-order valence-electron chi connectivity index (χ4n) is 7.07. The van der Waals surface area contributed by atoms with Crippen molar-refractivity contribution >= 4 is 72.2 Å². The molecule has 0 N–H and O–H groups in total. The Balaban J connectivity index is 0.00000285. The molecule has 6 aromatic heterocycles. The summed E-state index contributed by atoms with van der Waals surface area (Å²) in [7, 11) is 0. The first kappa shape index (κ1) is 26.4. The monoisotopic (exact) mass is 783 g/mol. The van der Waals surface area contributed by atoms with Gasteiger partial charge >= 0.3 is 21.1 Å². The fraction of sp³-hybridized carbons (Fsp3) is 0. The number of hydrogen-bond donors (Lipinski definition) is 0. The number of nitrogens with zero attached hydrogens (tertiary/aromatic N) is 8. The van der Waals surface area contributed by atoms with Crippen LogP contribution in [0.3, 0.4) is 0 Å². The van der Waals surface area contributed by atoms with Gasteiger partial charge in [-0.05, 0) is 52.8 Å². The van der Waals surface area contributed by atoms with Crippen LogP contribution in [0.4, 0.5) is 0 Å². The third kappa shape index (κ3) is 3.45. The Morgan fingerprint density at radius 1 is 0.532 bits per heavy atom. The SMILES string of the molecule is [Pt+2].[c-]1cccc2c3ccccc3n(-c3[c-]c4c(cc3)nc3n4c4nc5c(-c6ccccn6)cccc5n4c4nc5ccccc5n34)c12. The van der Waals surface area contributed by atoms with Crippen LogP contribution in [0, 0.1) is 12.1 Å². The molecule has 11 rings (SSSR count). The number of hydrogen-bond acceptors (Lipinski definition) is 4. The van der Waals surface area contributed by atoms with Gasteiger partial charge in [0, 0.05) is 17.3 Å². The van der Waals surface area contributed by atoms with Crippen LogP contribution in [0.25, 0.3) is 89.2 Å². The predicted octanol–water partition coefficient (Wildman–Crippen LogP) is 7.85. The third-order valence-corrected chi connectivity index (χ3v) is 9.02. The first-order chi connectivity index (χ1) is 22.8. The molecule has 5 aromatic carbocycles. The molecule has 0 radical (unpaired) electrons. The van der Waals surface area contributed by atoms with Crippen molar-refractivity contribution in [3.05, 3.63) is 134 Å². The topological polar surface area (TPSA) is 69.7 Å². The van der Waals surface area contributed by atoms with Crippen LogP contribution in [-0.4, -0.2) is 37.7 Å². The van der Waals surface area contributed by atoms with Crippen molar-refractivity contribution in [2.24, 2.45) is 0 Å². The van der Waals surface area contributed by atoms with Gasteiger partial charge in [0.15, 0.2) is 0 Å². The van der Waals surface area contributed by atoms with Gasteiger partial charge in [0.1, 0.15) is 5.52 Å². The van der Waals surface area contributed by atoms with Gasteiger partial charge in [0.05, 0.1) is 22.2 Å². The number of para-hydroxylation sites is 5. The molecule has 0 fully saturated rings. The van der Waals surface area contributed by atoms with E-state index >= 15 is 0 Å². The van der Waals surface area contributed by atoms with Crippen molar-refractivity contribution in [1.29, 1.82) is 0 Å². The zero-order valence-corrected chi connectivity index (χ0v) is 26.7. The van der Waals surface area contributed by atoms with Crippen molar-refractivity contribution in [2.45, 2.75) is 0 Å². The summed E-state index contributed by atoms with van der Waals surface area (Å²) in [5.74, 6) is 2.18. The first-order valence-corrected chi connectivity index (χ1v) is 15.1. The third-order valence-electron chi connectivity index (χ3n) is 9.02. The van der Waals surface area contributed by atoms with Gasteiger partial charge in [-0.2, -0.15) is 24.3 Å². The van der Waals surface area contributed by atoms with Crippen LogP contribution in [0.15, 0.2) is 121 Å². The maximum atomic E-state index is 5.31. The van der Waals surface area contributed by atoms with Gasteiger partial charge in [0.2, 0.25) is 17.3 Å². The minimum absolute atomic E-state index is 0. The first-order valence-electron chi connectivity index (χ1n) is 15.1. The van der Waals surface area contributed by atoms with E-state index in [2.05, 4.69) is 102 Å². The summed E-state index contributed by atoms with van der Waals surface area (Å²) in [5, 5.41) is 2.33. The Morgan fingerprint density at radius 3 is 2.19 bits per heavy atom. The van der Waals surface area contributed by atoms with Crippen molar-refractivity contribution < 1.29 is 21.1 Å². The van der Waals surface area contributed by atoms with E-state index in [0.29, 0.717) is 5.78 Å². The van der Waals surface area contributed by atoms with E-state index < -0.39 is 0 Å². The Labute approximate surface area is 280 Å². The minimum Gasteiger partial charge on any atom is -0.358 e. The summed E-state index contributed by atoms with van der Waals surface area (Å²) in [4.78, 5) is 20.3. The van der Waals surface area contributed by atoms with Crippen LogP contribution in [0.2, 0.25) is 0 Å². The van der Waals surface area contributed by atoms with Crippen LogP contribution in [0.1, 0.15) is 0 Å². The molecule has 0 bridgehead atoms. The molecule has 0 saturated carbocycles. The number of imidazole rings is 3. The summed E-state index contributed by atoms with van der Waals surface area (Å²) >= 11 is 0. The van der Waals surface area contributed by atoms with Gasteiger partial charge in [0.25, 0.3) is 0 Å². The quantitative estimate of drug-likeness (QED) is 0.168. The van der Waals surface area contributed by atoms with Crippen LogP contribution in [-0.2, 0) is 21.1 Å². The van der Waals surface area contributed by atoms with Crippen molar-refractivity contribution in [3.63, 3.8) is 0 Å². The summed E-state index contributed by atoms with van der Waals surface area (Å²) in [6.45, 7) is 0. The Bertz CT molecular complexity index is 2990. The van der Waals surface area contributed by atoms with Gasteiger partial charge in [-0.1, -0.05) is 59.7 Å². The Hall–Kier alpha value is -5.85. The molecule has 11 aromatic rings. The molecule has 8 nitrogen and oxygen atoms in total. The second-order valence-electron chi connectivity index (χ2n) is 11.5.